The van der Waals surface area contributed by atoms with Gasteiger partial charge in [-0.15, -0.1) is 0 Å². The molecule has 104 valence electrons. The molecular formula is C15H22BrN3. The summed E-state index contributed by atoms with van der Waals surface area (Å²) >= 11 is 3.46. The Balaban J connectivity index is 2.34. The molecule has 0 unspecified atom stereocenters. The minimum atomic E-state index is 0.144. The number of benzene rings is 1. The Kier molecular flexibility index (Phi) is 4.86. The van der Waals surface area contributed by atoms with E-state index in [0.717, 1.165) is 22.3 Å². The van der Waals surface area contributed by atoms with Crippen molar-refractivity contribution in [2.75, 3.05) is 11.4 Å². The second kappa shape index (κ2) is 6.42. The molecule has 0 saturated heterocycles. The van der Waals surface area contributed by atoms with Crippen molar-refractivity contribution in [3.63, 3.8) is 0 Å². The first-order chi connectivity index (χ1) is 9.13. The number of hydrogen-bond donors (Lipinski definition) is 2. The van der Waals surface area contributed by atoms with Crippen LogP contribution in [0.3, 0.4) is 0 Å². The SMILES string of the molecule is CCN(c1ccc(Br)cc1C(=N)N)C1CCCCC1. The highest BCUT2D eigenvalue weighted by Gasteiger charge is 2.22. The van der Waals surface area contributed by atoms with Gasteiger partial charge in [0.05, 0.1) is 0 Å². The summed E-state index contributed by atoms with van der Waals surface area (Å²) in [5.41, 5.74) is 7.68. The molecule has 4 heteroatoms. The fraction of sp³-hybridized carbons (Fsp3) is 0.533. The minimum Gasteiger partial charge on any atom is -0.384 e. The van der Waals surface area contributed by atoms with Gasteiger partial charge in [0, 0.05) is 28.3 Å². The molecule has 1 aromatic rings. The molecule has 0 radical (unpaired) electrons. The highest BCUT2D eigenvalue weighted by molar-refractivity contribution is 9.10. The third-order valence-corrected chi connectivity index (χ3v) is 4.41. The van der Waals surface area contributed by atoms with Crippen LogP contribution in [0.5, 0.6) is 0 Å². The molecule has 1 fully saturated rings. The number of nitrogens with two attached hydrogens (primary N) is 1. The topological polar surface area (TPSA) is 53.1 Å². The lowest BCUT2D eigenvalue weighted by Gasteiger charge is -2.36. The van der Waals surface area contributed by atoms with Gasteiger partial charge in [-0.1, -0.05) is 35.2 Å². The van der Waals surface area contributed by atoms with E-state index in [4.69, 9.17) is 11.1 Å². The molecule has 0 spiro atoms. The van der Waals surface area contributed by atoms with E-state index < -0.39 is 0 Å². The van der Waals surface area contributed by atoms with Crippen LogP contribution in [0.25, 0.3) is 0 Å². The first-order valence-corrected chi connectivity index (χ1v) is 7.83. The lowest BCUT2D eigenvalue weighted by atomic mass is 9.93. The van der Waals surface area contributed by atoms with Gasteiger partial charge in [0.25, 0.3) is 0 Å². The van der Waals surface area contributed by atoms with Gasteiger partial charge in [-0.05, 0) is 38.0 Å². The molecule has 0 aromatic heterocycles. The molecule has 0 heterocycles. The van der Waals surface area contributed by atoms with E-state index in [2.05, 4.69) is 33.8 Å². The van der Waals surface area contributed by atoms with E-state index in [0.29, 0.717) is 6.04 Å². The molecular weight excluding hydrogens is 302 g/mol. The Morgan fingerprint density at radius 3 is 2.63 bits per heavy atom. The van der Waals surface area contributed by atoms with Crippen molar-refractivity contribution in [1.29, 1.82) is 5.41 Å². The standard InChI is InChI=1S/C15H22BrN3/c1-2-19(12-6-4-3-5-7-12)14-9-8-11(16)10-13(14)15(17)18/h8-10,12H,2-7H2,1H3,(H3,17,18). The van der Waals surface area contributed by atoms with Crippen LogP contribution < -0.4 is 10.6 Å². The van der Waals surface area contributed by atoms with E-state index in [-0.39, 0.29) is 5.84 Å². The highest BCUT2D eigenvalue weighted by Crippen LogP contribution is 2.31. The second-order valence-corrected chi connectivity index (χ2v) is 6.07. The fourth-order valence-corrected chi connectivity index (χ4v) is 3.35. The summed E-state index contributed by atoms with van der Waals surface area (Å²) in [7, 11) is 0. The molecule has 1 saturated carbocycles. The molecule has 0 bridgehead atoms. The van der Waals surface area contributed by atoms with Gasteiger partial charge in [-0.25, -0.2) is 0 Å². The first-order valence-electron chi connectivity index (χ1n) is 7.04. The zero-order valence-corrected chi connectivity index (χ0v) is 13.0. The summed E-state index contributed by atoms with van der Waals surface area (Å²) in [5.74, 6) is 0.144. The van der Waals surface area contributed by atoms with Crippen molar-refractivity contribution in [1.82, 2.24) is 0 Å². The van der Waals surface area contributed by atoms with Crippen molar-refractivity contribution in [2.24, 2.45) is 5.73 Å². The lowest BCUT2D eigenvalue weighted by Crippen LogP contribution is -2.38. The third-order valence-electron chi connectivity index (χ3n) is 3.91. The Bertz CT molecular complexity index is 453. The maximum absolute atomic E-state index is 7.79. The molecule has 0 aliphatic heterocycles. The van der Waals surface area contributed by atoms with Gasteiger partial charge in [0.1, 0.15) is 5.84 Å². The molecule has 19 heavy (non-hydrogen) atoms. The van der Waals surface area contributed by atoms with Gasteiger partial charge in [0.2, 0.25) is 0 Å². The zero-order valence-electron chi connectivity index (χ0n) is 11.5. The summed E-state index contributed by atoms with van der Waals surface area (Å²) in [5, 5.41) is 7.79. The Hall–Kier alpha value is -1.03. The van der Waals surface area contributed by atoms with Crippen molar-refractivity contribution in [3.8, 4) is 0 Å². The number of nitrogens with one attached hydrogen (secondary N) is 1. The molecule has 0 amide bonds. The van der Waals surface area contributed by atoms with Crippen LogP contribution in [0.2, 0.25) is 0 Å². The van der Waals surface area contributed by atoms with Gasteiger partial charge in [0.15, 0.2) is 0 Å². The second-order valence-electron chi connectivity index (χ2n) is 5.15. The number of nitrogen functional groups attached to an aromatic ring is 1. The minimum absolute atomic E-state index is 0.144. The largest absolute Gasteiger partial charge is 0.384 e. The quantitative estimate of drug-likeness (QED) is 0.652. The summed E-state index contributed by atoms with van der Waals surface area (Å²) in [4.78, 5) is 2.42. The van der Waals surface area contributed by atoms with Gasteiger partial charge < -0.3 is 10.6 Å². The maximum Gasteiger partial charge on any atom is 0.124 e. The predicted molar refractivity (Wildman–Crippen MR) is 85.1 cm³/mol. The number of rotatable bonds is 4. The number of halogens is 1. The summed E-state index contributed by atoms with van der Waals surface area (Å²) in [6, 6.07) is 6.66. The smallest absolute Gasteiger partial charge is 0.124 e. The Morgan fingerprint density at radius 1 is 1.37 bits per heavy atom. The van der Waals surface area contributed by atoms with Crippen LogP contribution in [0.4, 0.5) is 5.69 Å². The fourth-order valence-electron chi connectivity index (χ4n) is 2.99. The first kappa shape index (κ1) is 14.4. The van der Waals surface area contributed by atoms with Gasteiger partial charge in [-0.2, -0.15) is 0 Å². The van der Waals surface area contributed by atoms with Crippen LogP contribution in [-0.4, -0.2) is 18.4 Å². The highest BCUT2D eigenvalue weighted by atomic mass is 79.9. The van der Waals surface area contributed by atoms with Crippen LogP contribution in [0, 0.1) is 5.41 Å². The van der Waals surface area contributed by atoms with Crippen LogP contribution in [-0.2, 0) is 0 Å². The molecule has 2 rings (SSSR count). The number of amidine groups is 1. The van der Waals surface area contributed by atoms with Crippen LogP contribution in [0.15, 0.2) is 22.7 Å². The summed E-state index contributed by atoms with van der Waals surface area (Å²) < 4.78 is 0.973. The van der Waals surface area contributed by atoms with E-state index in [1.54, 1.807) is 0 Å². The Morgan fingerprint density at radius 2 is 2.05 bits per heavy atom. The molecule has 0 atom stereocenters. The molecule has 1 aromatic carbocycles. The molecule has 3 nitrogen and oxygen atoms in total. The zero-order chi connectivity index (χ0) is 13.8. The van der Waals surface area contributed by atoms with Crippen LogP contribution in [0.1, 0.15) is 44.6 Å². The average molecular weight is 324 g/mol. The molecule has 1 aliphatic carbocycles. The third kappa shape index (κ3) is 3.30. The molecule has 1 aliphatic rings. The van der Waals surface area contributed by atoms with E-state index in [9.17, 15) is 0 Å². The Labute approximate surface area is 123 Å². The van der Waals surface area contributed by atoms with E-state index in [1.807, 2.05) is 12.1 Å². The normalized spacial score (nSPS) is 16.3. The van der Waals surface area contributed by atoms with Crippen molar-refractivity contribution in [2.45, 2.75) is 45.1 Å². The molecule has 3 N–H and O–H groups in total. The number of anilines is 1. The van der Waals surface area contributed by atoms with Crippen molar-refractivity contribution < 1.29 is 0 Å². The van der Waals surface area contributed by atoms with Crippen molar-refractivity contribution in [3.05, 3.63) is 28.2 Å². The van der Waals surface area contributed by atoms with Gasteiger partial charge in [-0.3, -0.25) is 5.41 Å². The summed E-state index contributed by atoms with van der Waals surface area (Å²) in [6.07, 6.45) is 6.48. The number of nitrogens with zero attached hydrogens (tertiary/aromatic N) is 1. The van der Waals surface area contributed by atoms with Gasteiger partial charge >= 0.3 is 0 Å². The van der Waals surface area contributed by atoms with E-state index >= 15 is 0 Å². The number of hydrogen-bond acceptors (Lipinski definition) is 2. The summed E-state index contributed by atoms with van der Waals surface area (Å²) in [6.45, 7) is 3.15. The van der Waals surface area contributed by atoms with Crippen molar-refractivity contribution >= 4 is 27.5 Å². The van der Waals surface area contributed by atoms with Crippen LogP contribution >= 0.6 is 15.9 Å². The lowest BCUT2D eigenvalue weighted by molar-refractivity contribution is 0.418. The monoisotopic (exact) mass is 323 g/mol. The average Bonchev–Trinajstić information content (AvgIpc) is 2.42. The predicted octanol–water partition coefficient (Wildman–Crippen LogP) is 3.89. The maximum atomic E-state index is 7.79. The van der Waals surface area contributed by atoms with E-state index in [1.165, 1.54) is 32.1 Å².